The van der Waals surface area contributed by atoms with Gasteiger partial charge < -0.3 is 10.6 Å². The van der Waals surface area contributed by atoms with Crippen molar-refractivity contribution in [3.05, 3.63) is 53.6 Å². The summed E-state index contributed by atoms with van der Waals surface area (Å²) in [5, 5.41) is 5.83. The first-order valence-electron chi connectivity index (χ1n) is 10.0. The summed E-state index contributed by atoms with van der Waals surface area (Å²) in [6, 6.07) is 11.8. The molecule has 8 heteroatoms. The lowest BCUT2D eigenvalue weighted by Crippen LogP contribution is -2.34. The molecule has 2 aromatic rings. The van der Waals surface area contributed by atoms with E-state index < -0.39 is 10.0 Å². The highest BCUT2D eigenvalue weighted by atomic mass is 32.2. The zero-order chi connectivity index (χ0) is 21.7. The van der Waals surface area contributed by atoms with Crippen LogP contribution in [-0.2, 0) is 14.8 Å². The van der Waals surface area contributed by atoms with Crippen LogP contribution in [0.1, 0.15) is 43.2 Å². The van der Waals surface area contributed by atoms with Gasteiger partial charge in [-0.1, -0.05) is 30.5 Å². The summed E-state index contributed by atoms with van der Waals surface area (Å²) in [6.07, 6.45) is 5.06. The monoisotopic (exact) mass is 445 g/mol. The van der Waals surface area contributed by atoms with Crippen molar-refractivity contribution >= 4 is 44.6 Å². The van der Waals surface area contributed by atoms with Gasteiger partial charge in [-0.3, -0.25) is 9.52 Å². The first-order valence-corrected chi connectivity index (χ1v) is 11.9. The number of thiocarbonyl (C=S) groups is 1. The third-order valence-corrected chi connectivity index (χ3v) is 6.84. The van der Waals surface area contributed by atoms with Gasteiger partial charge in [-0.15, -0.1) is 0 Å². The highest BCUT2D eigenvalue weighted by Gasteiger charge is 2.19. The number of nitrogens with one attached hydrogen (secondary N) is 3. The third kappa shape index (κ3) is 6.03. The molecule has 30 heavy (non-hydrogen) atoms. The minimum Gasteiger partial charge on any atom is -0.332 e. The fourth-order valence-electron chi connectivity index (χ4n) is 3.67. The first kappa shape index (κ1) is 22.2. The normalized spacial score (nSPS) is 14.3. The van der Waals surface area contributed by atoms with Gasteiger partial charge in [-0.25, -0.2) is 8.42 Å². The number of hydrogen-bond donors (Lipinski definition) is 3. The van der Waals surface area contributed by atoms with Crippen molar-refractivity contribution in [2.75, 3.05) is 10.0 Å². The zero-order valence-electron chi connectivity index (χ0n) is 17.2. The molecule has 0 unspecified atom stereocenters. The van der Waals surface area contributed by atoms with Crippen LogP contribution in [0, 0.1) is 19.8 Å². The van der Waals surface area contributed by atoms with Crippen LogP contribution in [0.15, 0.2) is 47.4 Å². The van der Waals surface area contributed by atoms with Gasteiger partial charge in [0, 0.05) is 12.1 Å². The van der Waals surface area contributed by atoms with Gasteiger partial charge >= 0.3 is 0 Å². The molecular weight excluding hydrogens is 418 g/mol. The van der Waals surface area contributed by atoms with E-state index in [1.54, 1.807) is 18.2 Å². The standard InChI is InChI=1S/C22H27N3O3S2/c1-15-7-12-20(16(2)13-15)25-30(27,28)19-10-8-18(9-11-19)23-22(29)24-21(26)14-17-5-3-4-6-17/h7-13,17,25H,3-6,14H2,1-2H3,(H2,23,24,26,29). The Bertz CT molecular complexity index is 1030. The van der Waals surface area contributed by atoms with Crippen LogP contribution in [0.3, 0.4) is 0 Å². The maximum absolute atomic E-state index is 12.7. The van der Waals surface area contributed by atoms with Crippen LogP contribution in [0.4, 0.5) is 11.4 Å². The van der Waals surface area contributed by atoms with E-state index >= 15 is 0 Å². The van der Waals surface area contributed by atoms with E-state index in [4.69, 9.17) is 12.2 Å². The molecule has 3 rings (SSSR count). The number of amides is 1. The van der Waals surface area contributed by atoms with Gasteiger partial charge in [0.25, 0.3) is 10.0 Å². The molecule has 0 bridgehead atoms. The number of benzene rings is 2. The van der Waals surface area contributed by atoms with Crippen molar-refractivity contribution in [3.63, 3.8) is 0 Å². The van der Waals surface area contributed by atoms with Crippen molar-refractivity contribution < 1.29 is 13.2 Å². The van der Waals surface area contributed by atoms with E-state index in [9.17, 15) is 13.2 Å². The Balaban J connectivity index is 1.58. The molecule has 1 fully saturated rings. The molecular formula is C22H27N3O3S2. The number of hydrogen-bond acceptors (Lipinski definition) is 4. The third-order valence-electron chi connectivity index (χ3n) is 5.25. The lowest BCUT2D eigenvalue weighted by molar-refractivity contribution is -0.120. The molecule has 160 valence electrons. The van der Waals surface area contributed by atoms with E-state index in [2.05, 4.69) is 15.4 Å². The Labute approximate surface area is 183 Å². The summed E-state index contributed by atoms with van der Waals surface area (Å²) < 4.78 is 28.0. The first-order chi connectivity index (χ1) is 14.2. The lowest BCUT2D eigenvalue weighted by Gasteiger charge is -2.13. The smallest absolute Gasteiger partial charge is 0.261 e. The van der Waals surface area contributed by atoms with Crippen LogP contribution in [0.2, 0.25) is 0 Å². The minimum absolute atomic E-state index is 0.0868. The number of anilines is 2. The van der Waals surface area contributed by atoms with Crippen LogP contribution in [0.25, 0.3) is 0 Å². The topological polar surface area (TPSA) is 87.3 Å². The number of rotatable bonds is 6. The fourth-order valence-corrected chi connectivity index (χ4v) is 5.03. The Morgan fingerprint density at radius 3 is 2.37 bits per heavy atom. The predicted octanol–water partition coefficient (Wildman–Crippen LogP) is 4.50. The summed E-state index contributed by atoms with van der Waals surface area (Å²) in [4.78, 5) is 12.2. The minimum atomic E-state index is -3.71. The summed E-state index contributed by atoms with van der Waals surface area (Å²) in [5.74, 6) is 0.359. The average Bonchev–Trinajstić information content (AvgIpc) is 3.17. The highest BCUT2D eigenvalue weighted by Crippen LogP contribution is 2.27. The molecule has 0 aliphatic heterocycles. The number of sulfonamides is 1. The molecule has 3 N–H and O–H groups in total. The van der Waals surface area contributed by atoms with Gasteiger partial charge in [0.05, 0.1) is 10.6 Å². The molecule has 1 saturated carbocycles. The molecule has 1 amide bonds. The SMILES string of the molecule is Cc1ccc(NS(=O)(=O)c2ccc(NC(=S)NC(=O)CC3CCCC3)cc2)c(C)c1. The molecule has 0 saturated heterocycles. The van der Waals surface area contributed by atoms with Crippen molar-refractivity contribution in [2.24, 2.45) is 5.92 Å². The van der Waals surface area contributed by atoms with Crippen molar-refractivity contribution in [2.45, 2.75) is 50.8 Å². The van der Waals surface area contributed by atoms with E-state index in [1.165, 1.54) is 25.0 Å². The summed E-state index contributed by atoms with van der Waals surface area (Å²) >= 11 is 5.20. The lowest BCUT2D eigenvalue weighted by atomic mass is 10.0. The largest absolute Gasteiger partial charge is 0.332 e. The molecule has 6 nitrogen and oxygen atoms in total. The molecule has 0 heterocycles. The maximum Gasteiger partial charge on any atom is 0.261 e. The van der Waals surface area contributed by atoms with Gasteiger partial charge in [0.2, 0.25) is 5.91 Å². The Morgan fingerprint density at radius 2 is 1.73 bits per heavy atom. The van der Waals surface area contributed by atoms with E-state index in [0.717, 1.165) is 24.0 Å². The zero-order valence-corrected chi connectivity index (χ0v) is 18.8. The van der Waals surface area contributed by atoms with Crippen molar-refractivity contribution in [3.8, 4) is 0 Å². The number of carbonyl (C=O) groups excluding carboxylic acids is 1. The maximum atomic E-state index is 12.7. The summed E-state index contributed by atoms with van der Waals surface area (Å²) in [7, 11) is -3.71. The Hall–Kier alpha value is -2.45. The van der Waals surface area contributed by atoms with Crippen molar-refractivity contribution in [1.29, 1.82) is 0 Å². The number of aryl methyl sites for hydroxylation is 2. The van der Waals surface area contributed by atoms with Gasteiger partial charge in [0.15, 0.2) is 5.11 Å². The number of carbonyl (C=O) groups is 1. The molecule has 1 aliphatic rings. The van der Waals surface area contributed by atoms with Crippen LogP contribution < -0.4 is 15.4 Å². The molecule has 0 spiro atoms. The van der Waals surface area contributed by atoms with Gasteiger partial charge in [-0.05, 0) is 80.7 Å². The quantitative estimate of drug-likeness (QED) is 0.570. The predicted molar refractivity (Wildman–Crippen MR) is 124 cm³/mol. The van der Waals surface area contributed by atoms with Crippen molar-refractivity contribution in [1.82, 2.24) is 5.32 Å². The Morgan fingerprint density at radius 1 is 1.07 bits per heavy atom. The second-order valence-electron chi connectivity index (χ2n) is 7.81. The van der Waals surface area contributed by atoms with E-state index in [0.29, 0.717) is 23.7 Å². The summed E-state index contributed by atoms with van der Waals surface area (Å²) in [5.41, 5.74) is 3.08. The van der Waals surface area contributed by atoms with Gasteiger partial charge in [-0.2, -0.15) is 0 Å². The van der Waals surface area contributed by atoms with Crippen LogP contribution >= 0.6 is 12.2 Å². The molecule has 2 aromatic carbocycles. The molecule has 1 aliphatic carbocycles. The fraction of sp³-hybridized carbons (Fsp3) is 0.364. The second kappa shape index (κ2) is 9.57. The Kier molecular flexibility index (Phi) is 7.10. The summed E-state index contributed by atoms with van der Waals surface area (Å²) in [6.45, 7) is 3.82. The highest BCUT2D eigenvalue weighted by molar-refractivity contribution is 7.92. The molecule has 0 atom stereocenters. The second-order valence-corrected chi connectivity index (χ2v) is 9.90. The van der Waals surface area contributed by atoms with E-state index in [1.807, 2.05) is 26.0 Å². The van der Waals surface area contributed by atoms with Crippen LogP contribution in [0.5, 0.6) is 0 Å². The van der Waals surface area contributed by atoms with Gasteiger partial charge in [0.1, 0.15) is 0 Å². The average molecular weight is 446 g/mol. The van der Waals surface area contributed by atoms with E-state index in [-0.39, 0.29) is 15.9 Å². The molecule has 0 aromatic heterocycles. The molecule has 0 radical (unpaired) electrons. The van der Waals surface area contributed by atoms with Crippen LogP contribution in [-0.4, -0.2) is 19.4 Å².